The van der Waals surface area contributed by atoms with E-state index in [9.17, 15) is 0 Å². The molecule has 1 atom stereocenters. The maximum absolute atomic E-state index is 2.52. The lowest BCUT2D eigenvalue weighted by molar-refractivity contribution is -0.920. The van der Waals surface area contributed by atoms with Gasteiger partial charge in [0.05, 0.1) is 22.4 Å². The third-order valence-electron chi connectivity index (χ3n) is 12.1. The molecule has 0 unspecified atom stereocenters. The molecule has 9 aromatic rings. The minimum absolute atomic E-state index is 0.118. The Bertz CT molecular complexity index is 2980. The van der Waals surface area contributed by atoms with Crippen LogP contribution in [0.4, 0.5) is 0 Å². The summed E-state index contributed by atoms with van der Waals surface area (Å²) in [5, 5.41) is 1.35. The molecule has 0 bridgehead atoms. The highest BCUT2D eigenvalue weighted by Gasteiger charge is 2.45. The van der Waals surface area contributed by atoms with E-state index in [1.165, 1.54) is 76.9 Å². The molecule has 5 aromatic carbocycles. The molecule has 0 fully saturated rings. The second kappa shape index (κ2) is 14.5. The van der Waals surface area contributed by atoms with Gasteiger partial charge in [-0.25, -0.2) is 0 Å². The molecule has 6 heteroatoms. The Morgan fingerprint density at radius 1 is 0.576 bits per heavy atom. The van der Waals surface area contributed by atoms with E-state index >= 15 is 0 Å². The molecule has 59 heavy (non-hydrogen) atoms. The summed E-state index contributed by atoms with van der Waals surface area (Å²) in [5.74, 6) is 4.46. The molecule has 0 aliphatic carbocycles. The molecule has 0 amide bonds. The summed E-state index contributed by atoms with van der Waals surface area (Å²) in [5.41, 5.74) is 12.6. The maximum Gasteiger partial charge on any atom is 0.299 e. The number of para-hydroxylation sites is 1. The molecule has 292 valence electrons. The number of aryl methyl sites for hydroxylation is 1. The van der Waals surface area contributed by atoms with Crippen LogP contribution in [0.3, 0.4) is 0 Å². The molecular formula is C53H51N5S+2. The number of hydrogen-bond donors (Lipinski definition) is 0. The highest BCUT2D eigenvalue weighted by atomic mass is 32.1. The lowest BCUT2D eigenvalue weighted by atomic mass is 9.90. The predicted octanol–water partition coefficient (Wildman–Crippen LogP) is 12.9. The summed E-state index contributed by atoms with van der Waals surface area (Å²) in [4.78, 5) is 1.35. The van der Waals surface area contributed by atoms with Gasteiger partial charge in [-0.15, -0.1) is 11.3 Å². The number of nitrogens with zero attached hydrogens (tertiary/aromatic N) is 5. The largest absolute Gasteiger partial charge is 0.299 e. The fraction of sp³-hybridized carbons (Fsp3) is 0.208. The van der Waals surface area contributed by atoms with E-state index in [1.807, 2.05) is 11.3 Å². The molecule has 0 saturated heterocycles. The number of hydrogen-bond acceptors (Lipinski definition) is 1. The second-order valence-electron chi connectivity index (χ2n) is 16.9. The van der Waals surface area contributed by atoms with Crippen molar-refractivity contribution in [3.8, 4) is 51.2 Å². The van der Waals surface area contributed by atoms with Gasteiger partial charge >= 0.3 is 0 Å². The first-order chi connectivity index (χ1) is 28.7. The lowest BCUT2D eigenvalue weighted by Crippen LogP contribution is -2.56. The van der Waals surface area contributed by atoms with Crippen molar-refractivity contribution in [3.05, 3.63) is 185 Å². The van der Waals surface area contributed by atoms with Gasteiger partial charge in [-0.05, 0) is 90.2 Å². The van der Waals surface area contributed by atoms with Crippen LogP contribution >= 0.6 is 11.3 Å². The molecular weight excluding hydrogens is 739 g/mol. The van der Waals surface area contributed by atoms with Gasteiger partial charge in [0.15, 0.2) is 0 Å². The Morgan fingerprint density at radius 2 is 1.17 bits per heavy atom. The van der Waals surface area contributed by atoms with Crippen LogP contribution in [-0.2, 0) is 0 Å². The highest BCUT2D eigenvalue weighted by molar-refractivity contribution is 7.19. The first-order valence-electron chi connectivity index (χ1n) is 21.0. The maximum atomic E-state index is 2.52. The van der Waals surface area contributed by atoms with Crippen LogP contribution in [0.25, 0.3) is 61.3 Å². The predicted molar refractivity (Wildman–Crippen MR) is 243 cm³/mol. The normalized spacial score (nSPS) is 13.6. The topological polar surface area (TPSA) is 22.5 Å². The zero-order valence-corrected chi connectivity index (χ0v) is 35.8. The Labute approximate surface area is 351 Å². The van der Waals surface area contributed by atoms with Crippen molar-refractivity contribution in [2.24, 2.45) is 0 Å². The molecule has 0 radical (unpaired) electrons. The zero-order valence-electron chi connectivity index (χ0n) is 35.0. The summed E-state index contributed by atoms with van der Waals surface area (Å²) in [6, 6.07) is 48.9. The van der Waals surface area contributed by atoms with Crippen LogP contribution in [0.2, 0.25) is 0 Å². The molecule has 1 aliphatic rings. The second-order valence-corrected chi connectivity index (χ2v) is 18.2. The van der Waals surface area contributed by atoms with Gasteiger partial charge in [0.2, 0.25) is 5.82 Å². The van der Waals surface area contributed by atoms with Gasteiger partial charge in [-0.3, -0.25) is 4.57 Å². The molecule has 5 nitrogen and oxygen atoms in total. The number of thiophene rings is 1. The monoisotopic (exact) mass is 789 g/mol. The van der Waals surface area contributed by atoms with E-state index in [-0.39, 0.29) is 12.1 Å². The van der Waals surface area contributed by atoms with Crippen LogP contribution in [-0.4, -0.2) is 13.7 Å². The minimum Gasteiger partial charge on any atom is -0.276 e. The fourth-order valence-corrected chi connectivity index (χ4v) is 10.7. The quantitative estimate of drug-likeness (QED) is 0.130. The van der Waals surface area contributed by atoms with Crippen molar-refractivity contribution in [3.63, 3.8) is 0 Å². The number of benzene rings is 5. The standard InChI is InChI=1S/C53H51N5S/c1-34(2)44-32-40-31-37(7)59-49(40)47(36(5)6)48(44)54-27-28-55(50(54)39-21-13-9-14-22-39)51-42-25-17-18-26-43(42)52-56(51)29-30-57(52)53-45(35(3)4)33-46(38-19-11-8-12-20-38)58(53)41-23-15-10-16-24-41/h8-36,51H,1-7H3/q+2/t51-/m0/s1. The van der Waals surface area contributed by atoms with Crippen LogP contribution in [0, 0.1) is 6.92 Å². The number of imidazole rings is 2. The van der Waals surface area contributed by atoms with Crippen LogP contribution in [0.5, 0.6) is 0 Å². The Kier molecular flexibility index (Phi) is 9.13. The van der Waals surface area contributed by atoms with E-state index < -0.39 is 0 Å². The first-order valence-corrected chi connectivity index (χ1v) is 21.9. The van der Waals surface area contributed by atoms with Gasteiger partial charge in [-0.2, -0.15) is 18.3 Å². The average molecular weight is 790 g/mol. The van der Waals surface area contributed by atoms with Crippen LogP contribution in [0.15, 0.2) is 158 Å². The van der Waals surface area contributed by atoms with Crippen molar-refractivity contribution in [2.45, 2.75) is 72.4 Å². The Morgan fingerprint density at radius 3 is 1.83 bits per heavy atom. The van der Waals surface area contributed by atoms with E-state index in [0.717, 1.165) is 11.5 Å². The van der Waals surface area contributed by atoms with E-state index in [0.29, 0.717) is 11.8 Å². The molecule has 0 spiro atoms. The zero-order chi connectivity index (χ0) is 40.5. The summed E-state index contributed by atoms with van der Waals surface area (Å²) >= 11 is 1.93. The van der Waals surface area contributed by atoms with E-state index in [1.54, 1.807) is 0 Å². The molecule has 1 aliphatic heterocycles. The molecule has 10 rings (SSSR count). The minimum atomic E-state index is -0.118. The molecule has 5 heterocycles. The Hall–Kier alpha value is -6.24. The van der Waals surface area contributed by atoms with Gasteiger partial charge in [0.25, 0.3) is 17.8 Å². The summed E-state index contributed by atoms with van der Waals surface area (Å²) in [6.45, 7) is 16.3. The third kappa shape index (κ3) is 5.95. The average Bonchev–Trinajstić information content (AvgIpc) is 4.08. The summed E-state index contributed by atoms with van der Waals surface area (Å²) in [6.07, 6.45) is 9.11. The number of rotatable bonds is 9. The summed E-state index contributed by atoms with van der Waals surface area (Å²) < 4.78 is 13.8. The van der Waals surface area contributed by atoms with Gasteiger partial charge < -0.3 is 0 Å². The third-order valence-corrected chi connectivity index (χ3v) is 13.2. The summed E-state index contributed by atoms with van der Waals surface area (Å²) in [7, 11) is 0. The Balaban J connectivity index is 1.25. The van der Waals surface area contributed by atoms with Crippen molar-refractivity contribution in [1.29, 1.82) is 0 Å². The van der Waals surface area contributed by atoms with Crippen molar-refractivity contribution in [2.75, 3.05) is 0 Å². The molecule has 0 N–H and O–H groups in total. The highest BCUT2D eigenvalue weighted by Crippen LogP contribution is 2.44. The molecule has 4 aromatic heterocycles. The van der Waals surface area contributed by atoms with Gasteiger partial charge in [-0.1, -0.05) is 120 Å². The van der Waals surface area contributed by atoms with E-state index in [4.69, 9.17) is 0 Å². The SMILES string of the molecule is Cc1cc2cc(C(C)C)c(-n3cc[n+]([C@@H]4c5ccccc5-c5n(-c6c(C(C)C)cc(-c7ccccc7)n6-c6ccccc6)cc[n+]54)c3-c3ccccc3)c(C(C)C)c2s1. The van der Waals surface area contributed by atoms with Crippen LogP contribution < -0.4 is 9.13 Å². The smallest absolute Gasteiger partial charge is 0.276 e. The fourth-order valence-electron chi connectivity index (χ4n) is 9.50. The van der Waals surface area contributed by atoms with Gasteiger partial charge in [0.1, 0.15) is 30.5 Å². The first kappa shape index (κ1) is 37.1. The number of aromatic nitrogens is 5. The van der Waals surface area contributed by atoms with Gasteiger partial charge in [0, 0.05) is 32.0 Å². The van der Waals surface area contributed by atoms with Crippen LogP contribution in [0.1, 0.15) is 92.6 Å². The van der Waals surface area contributed by atoms with Crippen molar-refractivity contribution >= 4 is 21.4 Å². The number of fused-ring (bicyclic) bond motifs is 4. The van der Waals surface area contributed by atoms with Crippen molar-refractivity contribution < 1.29 is 9.13 Å². The van der Waals surface area contributed by atoms with E-state index in [2.05, 4.69) is 230 Å². The lowest BCUT2D eigenvalue weighted by Gasteiger charge is -2.20. The van der Waals surface area contributed by atoms with Crippen molar-refractivity contribution in [1.82, 2.24) is 13.7 Å². The molecule has 0 saturated carbocycles.